The molecular formula is C15H23NO3S2. The minimum atomic E-state index is -3.22. The first-order chi connectivity index (χ1) is 9.89. The Morgan fingerprint density at radius 1 is 1.05 bits per heavy atom. The lowest BCUT2D eigenvalue weighted by Gasteiger charge is -2.25. The molecular weight excluding hydrogens is 306 g/mol. The van der Waals surface area contributed by atoms with Gasteiger partial charge in [0.1, 0.15) is 0 Å². The number of sulfone groups is 1. The molecule has 0 aromatic heterocycles. The lowest BCUT2D eigenvalue weighted by atomic mass is 9.97. The molecule has 0 amide bonds. The van der Waals surface area contributed by atoms with E-state index in [0.717, 1.165) is 25.7 Å². The number of nitrogens with two attached hydrogens (primary N) is 1. The fraction of sp³-hybridized carbons (Fsp3) is 0.600. The highest BCUT2D eigenvalue weighted by molar-refractivity contribution is 7.90. The van der Waals surface area contributed by atoms with Crippen molar-refractivity contribution >= 4 is 20.6 Å². The van der Waals surface area contributed by atoms with Gasteiger partial charge in [-0.2, -0.15) is 0 Å². The van der Waals surface area contributed by atoms with Crippen LogP contribution in [0.5, 0.6) is 0 Å². The molecule has 1 aliphatic rings. The molecule has 1 aromatic rings. The minimum absolute atomic E-state index is 0.0330. The Hall–Kier alpha value is -0.720. The second kappa shape index (κ2) is 7.03. The predicted octanol–water partition coefficient (Wildman–Crippen LogP) is 2.25. The molecule has 1 fully saturated rings. The third kappa shape index (κ3) is 4.37. The Morgan fingerprint density at radius 3 is 2.19 bits per heavy atom. The molecule has 2 rings (SSSR count). The van der Waals surface area contributed by atoms with Crippen molar-refractivity contribution in [2.45, 2.75) is 59.6 Å². The van der Waals surface area contributed by atoms with Gasteiger partial charge in [0.05, 0.1) is 20.9 Å². The van der Waals surface area contributed by atoms with Crippen LogP contribution in [-0.2, 0) is 20.6 Å². The van der Waals surface area contributed by atoms with E-state index in [0.29, 0.717) is 4.90 Å². The molecule has 2 N–H and O–H groups in total. The minimum Gasteiger partial charge on any atom is -0.327 e. The van der Waals surface area contributed by atoms with Crippen LogP contribution < -0.4 is 5.73 Å². The molecule has 3 unspecified atom stereocenters. The normalized spacial score (nSPS) is 25.8. The van der Waals surface area contributed by atoms with Gasteiger partial charge in [0, 0.05) is 17.2 Å². The third-order valence-electron chi connectivity index (χ3n) is 4.01. The van der Waals surface area contributed by atoms with Crippen LogP contribution in [0.1, 0.15) is 38.5 Å². The van der Waals surface area contributed by atoms with Crippen molar-refractivity contribution < 1.29 is 12.6 Å². The molecule has 0 saturated heterocycles. The van der Waals surface area contributed by atoms with Gasteiger partial charge in [0.25, 0.3) is 0 Å². The van der Waals surface area contributed by atoms with Gasteiger partial charge in [-0.3, -0.25) is 4.21 Å². The van der Waals surface area contributed by atoms with Gasteiger partial charge in [-0.05, 0) is 37.1 Å². The molecule has 118 valence electrons. The average molecular weight is 329 g/mol. The highest BCUT2D eigenvalue weighted by atomic mass is 32.2. The van der Waals surface area contributed by atoms with Crippen LogP contribution in [0, 0.1) is 0 Å². The van der Waals surface area contributed by atoms with Crippen molar-refractivity contribution in [1.82, 2.24) is 0 Å². The van der Waals surface area contributed by atoms with Crippen molar-refractivity contribution in [2.24, 2.45) is 5.73 Å². The molecule has 1 saturated carbocycles. The Balaban J connectivity index is 2.18. The lowest BCUT2D eigenvalue weighted by molar-refractivity contribution is 0.456. The maximum atomic E-state index is 12.7. The van der Waals surface area contributed by atoms with Crippen molar-refractivity contribution in [3.8, 4) is 0 Å². The summed E-state index contributed by atoms with van der Waals surface area (Å²) in [6, 6.07) is 6.31. The molecule has 6 heteroatoms. The summed E-state index contributed by atoms with van der Waals surface area (Å²) in [5.74, 6) is 0. The number of benzene rings is 1. The molecule has 1 aromatic carbocycles. The van der Waals surface area contributed by atoms with Gasteiger partial charge < -0.3 is 5.73 Å². The highest BCUT2D eigenvalue weighted by Gasteiger charge is 2.26. The summed E-state index contributed by atoms with van der Waals surface area (Å²) in [4.78, 5) is 0.925. The van der Waals surface area contributed by atoms with Gasteiger partial charge in [0.2, 0.25) is 0 Å². The maximum absolute atomic E-state index is 12.7. The number of hydrogen-bond donors (Lipinski definition) is 1. The van der Waals surface area contributed by atoms with Gasteiger partial charge >= 0.3 is 0 Å². The SMILES string of the molecule is CS(=O)(=O)c1ccc(S(=O)C2CCCCCCC2N)cc1. The fourth-order valence-corrected chi connectivity index (χ4v) is 4.96. The summed E-state index contributed by atoms with van der Waals surface area (Å²) >= 11 is 0. The first-order valence-corrected chi connectivity index (χ1v) is 10.5. The molecule has 4 nitrogen and oxygen atoms in total. The first-order valence-electron chi connectivity index (χ1n) is 7.36. The van der Waals surface area contributed by atoms with Gasteiger partial charge in [0.15, 0.2) is 9.84 Å². The van der Waals surface area contributed by atoms with Crippen molar-refractivity contribution in [3.63, 3.8) is 0 Å². The van der Waals surface area contributed by atoms with Crippen molar-refractivity contribution in [2.75, 3.05) is 6.26 Å². The van der Waals surface area contributed by atoms with Crippen LogP contribution in [0.2, 0.25) is 0 Å². The number of rotatable bonds is 3. The summed E-state index contributed by atoms with van der Waals surface area (Å²) in [7, 11) is -4.39. The zero-order chi connectivity index (χ0) is 15.5. The van der Waals surface area contributed by atoms with Crippen molar-refractivity contribution in [3.05, 3.63) is 24.3 Å². The van der Waals surface area contributed by atoms with Crippen LogP contribution in [0.3, 0.4) is 0 Å². The molecule has 1 aliphatic carbocycles. The van der Waals surface area contributed by atoms with E-state index in [2.05, 4.69) is 0 Å². The van der Waals surface area contributed by atoms with Crippen molar-refractivity contribution in [1.29, 1.82) is 0 Å². The molecule has 0 heterocycles. The third-order valence-corrected chi connectivity index (χ3v) is 7.01. The Morgan fingerprint density at radius 2 is 1.62 bits per heavy atom. The second-order valence-corrected chi connectivity index (χ2v) is 9.42. The Labute approximate surface area is 129 Å². The molecule has 0 aliphatic heterocycles. The Kier molecular flexibility index (Phi) is 5.57. The molecule has 3 atom stereocenters. The molecule has 0 radical (unpaired) electrons. The number of hydrogen-bond acceptors (Lipinski definition) is 4. The largest absolute Gasteiger partial charge is 0.327 e. The molecule has 0 bridgehead atoms. The first kappa shape index (κ1) is 16.6. The van der Waals surface area contributed by atoms with E-state index in [1.807, 2.05) is 0 Å². The fourth-order valence-electron chi connectivity index (χ4n) is 2.74. The van der Waals surface area contributed by atoms with Gasteiger partial charge in [-0.15, -0.1) is 0 Å². The summed E-state index contributed by atoms with van der Waals surface area (Å²) in [5.41, 5.74) is 6.20. The van der Waals surface area contributed by atoms with E-state index in [1.54, 1.807) is 12.1 Å². The van der Waals surface area contributed by atoms with Gasteiger partial charge in [-0.25, -0.2) is 8.42 Å². The monoisotopic (exact) mass is 329 g/mol. The van der Waals surface area contributed by atoms with Crippen LogP contribution in [-0.4, -0.2) is 30.2 Å². The van der Waals surface area contributed by atoms with Crippen LogP contribution >= 0.6 is 0 Å². The predicted molar refractivity (Wildman–Crippen MR) is 85.4 cm³/mol. The summed E-state index contributed by atoms with van der Waals surface area (Å²) < 4.78 is 35.6. The summed E-state index contributed by atoms with van der Waals surface area (Å²) in [5, 5.41) is -0.0330. The summed E-state index contributed by atoms with van der Waals surface area (Å²) in [6.07, 6.45) is 7.50. The van der Waals surface area contributed by atoms with E-state index < -0.39 is 20.6 Å². The average Bonchev–Trinajstić information content (AvgIpc) is 2.42. The maximum Gasteiger partial charge on any atom is 0.175 e. The smallest absolute Gasteiger partial charge is 0.175 e. The Bertz CT molecular complexity index is 596. The van der Waals surface area contributed by atoms with E-state index in [9.17, 15) is 12.6 Å². The highest BCUT2D eigenvalue weighted by Crippen LogP contribution is 2.24. The zero-order valence-electron chi connectivity index (χ0n) is 12.3. The molecule has 21 heavy (non-hydrogen) atoms. The van der Waals surface area contributed by atoms with Gasteiger partial charge in [-0.1, -0.05) is 25.7 Å². The van der Waals surface area contributed by atoms with E-state index in [4.69, 9.17) is 5.73 Å². The zero-order valence-corrected chi connectivity index (χ0v) is 14.0. The second-order valence-electron chi connectivity index (χ2n) is 5.73. The molecule has 0 spiro atoms. The van der Waals surface area contributed by atoms with Crippen LogP contribution in [0.25, 0.3) is 0 Å². The quantitative estimate of drug-likeness (QED) is 0.922. The van der Waals surface area contributed by atoms with E-state index in [1.165, 1.54) is 31.2 Å². The lowest BCUT2D eigenvalue weighted by Crippen LogP contribution is -2.38. The van der Waals surface area contributed by atoms with E-state index >= 15 is 0 Å². The summed E-state index contributed by atoms with van der Waals surface area (Å²) in [6.45, 7) is 0. The van der Waals surface area contributed by atoms with Crippen LogP contribution in [0.4, 0.5) is 0 Å². The standard InChI is InChI=1S/C15H23NO3S2/c1-21(18,19)13-10-8-12(9-11-13)20(17)15-7-5-3-2-4-6-14(15)16/h8-11,14-15H,2-7,16H2,1H3. The van der Waals surface area contributed by atoms with E-state index in [-0.39, 0.29) is 16.2 Å². The van der Waals surface area contributed by atoms with Crippen LogP contribution in [0.15, 0.2) is 34.1 Å². The topological polar surface area (TPSA) is 77.2 Å².